The maximum Gasteiger partial charge on any atom is 0.219 e. The lowest BCUT2D eigenvalue weighted by atomic mass is 10.0. The smallest absolute Gasteiger partial charge is 0.219 e. The fourth-order valence-corrected chi connectivity index (χ4v) is 3.53. The second-order valence-corrected chi connectivity index (χ2v) is 8.35. The number of fused-ring (bicyclic) bond motifs is 1. The third-order valence-electron chi connectivity index (χ3n) is 3.28. The molecule has 4 nitrogen and oxygen atoms in total. The first-order chi connectivity index (χ1) is 8.22. The Morgan fingerprint density at radius 1 is 1.22 bits per heavy atom. The van der Waals surface area contributed by atoms with Crippen LogP contribution in [0, 0.1) is 0 Å². The van der Waals surface area contributed by atoms with Crippen LogP contribution in [0.4, 0.5) is 0 Å². The Morgan fingerprint density at radius 3 is 2.50 bits per heavy atom. The van der Waals surface area contributed by atoms with Gasteiger partial charge in [0.25, 0.3) is 0 Å². The molecule has 0 bridgehead atoms. The molecule has 2 rings (SSSR count). The standard InChI is InChI=1S/C13H19NO3S/c1-13(2,3)18(16,17)14-7-6-10-4-5-12(15)8-11(10)9-14/h4-5,8,15H,6-7,9H2,1-3H3. The van der Waals surface area contributed by atoms with Crippen LogP contribution in [0.15, 0.2) is 18.2 Å². The number of nitrogens with zero attached hydrogens (tertiary/aromatic N) is 1. The monoisotopic (exact) mass is 269 g/mol. The van der Waals surface area contributed by atoms with Gasteiger partial charge >= 0.3 is 0 Å². The van der Waals surface area contributed by atoms with Crippen molar-refractivity contribution in [1.29, 1.82) is 0 Å². The van der Waals surface area contributed by atoms with Gasteiger partial charge in [-0.15, -0.1) is 0 Å². The van der Waals surface area contributed by atoms with Gasteiger partial charge in [0.2, 0.25) is 10.0 Å². The summed E-state index contributed by atoms with van der Waals surface area (Å²) in [6.45, 7) is 5.99. The van der Waals surface area contributed by atoms with E-state index in [1.165, 1.54) is 4.31 Å². The van der Waals surface area contributed by atoms with Crippen molar-refractivity contribution < 1.29 is 13.5 Å². The van der Waals surface area contributed by atoms with Crippen molar-refractivity contribution >= 4 is 10.0 Å². The molecule has 0 amide bonds. The van der Waals surface area contributed by atoms with E-state index < -0.39 is 14.8 Å². The molecule has 1 aromatic carbocycles. The number of hydrogen-bond acceptors (Lipinski definition) is 3. The van der Waals surface area contributed by atoms with Crippen molar-refractivity contribution in [3.8, 4) is 5.75 Å². The van der Waals surface area contributed by atoms with Crippen LogP contribution < -0.4 is 0 Å². The molecule has 1 aromatic rings. The van der Waals surface area contributed by atoms with E-state index >= 15 is 0 Å². The molecule has 5 heteroatoms. The van der Waals surface area contributed by atoms with Crippen molar-refractivity contribution in [3.05, 3.63) is 29.3 Å². The summed E-state index contributed by atoms with van der Waals surface area (Å²) in [5.74, 6) is 0.184. The number of rotatable bonds is 1. The van der Waals surface area contributed by atoms with Crippen LogP contribution in [0.25, 0.3) is 0 Å². The number of hydrogen-bond donors (Lipinski definition) is 1. The molecular weight excluding hydrogens is 250 g/mol. The first-order valence-electron chi connectivity index (χ1n) is 6.02. The van der Waals surface area contributed by atoms with Crippen LogP contribution >= 0.6 is 0 Å². The van der Waals surface area contributed by atoms with Gasteiger partial charge in [-0.25, -0.2) is 8.42 Å². The normalized spacial score (nSPS) is 17.5. The minimum absolute atomic E-state index is 0.184. The van der Waals surface area contributed by atoms with Crippen LogP contribution in [-0.2, 0) is 23.0 Å². The largest absolute Gasteiger partial charge is 0.508 e. The summed E-state index contributed by atoms with van der Waals surface area (Å²) in [4.78, 5) is 0. The summed E-state index contributed by atoms with van der Waals surface area (Å²) in [5.41, 5.74) is 2.02. The van der Waals surface area contributed by atoms with Crippen molar-refractivity contribution in [2.45, 2.75) is 38.5 Å². The van der Waals surface area contributed by atoms with Crippen molar-refractivity contribution in [2.24, 2.45) is 0 Å². The third kappa shape index (κ3) is 2.24. The molecule has 0 unspecified atom stereocenters. The number of phenols is 1. The average molecular weight is 269 g/mol. The molecule has 0 saturated heterocycles. The molecule has 0 saturated carbocycles. The number of phenolic OH excluding ortho intramolecular Hbond substituents is 1. The molecule has 1 heterocycles. The average Bonchev–Trinajstić information content (AvgIpc) is 2.26. The van der Waals surface area contributed by atoms with E-state index in [-0.39, 0.29) is 5.75 Å². The summed E-state index contributed by atoms with van der Waals surface area (Å²) in [6, 6.07) is 5.16. The van der Waals surface area contributed by atoms with Gasteiger partial charge in [-0.2, -0.15) is 4.31 Å². The highest BCUT2D eigenvalue weighted by molar-refractivity contribution is 7.90. The molecule has 100 valence electrons. The highest BCUT2D eigenvalue weighted by Crippen LogP contribution is 2.28. The Labute approximate surface area is 108 Å². The van der Waals surface area contributed by atoms with E-state index in [4.69, 9.17) is 0 Å². The van der Waals surface area contributed by atoms with Crippen molar-refractivity contribution in [3.63, 3.8) is 0 Å². The molecule has 0 spiro atoms. The van der Waals surface area contributed by atoms with Gasteiger partial charge in [0.05, 0.1) is 4.75 Å². The highest BCUT2D eigenvalue weighted by atomic mass is 32.2. The second kappa shape index (κ2) is 4.24. The molecule has 18 heavy (non-hydrogen) atoms. The Kier molecular flexibility index (Phi) is 3.15. The van der Waals surface area contributed by atoms with Gasteiger partial charge in [-0.05, 0) is 50.5 Å². The molecule has 1 aliphatic rings. The van der Waals surface area contributed by atoms with Crippen LogP contribution in [0.3, 0.4) is 0 Å². The van der Waals surface area contributed by atoms with Crippen LogP contribution in [0.2, 0.25) is 0 Å². The summed E-state index contributed by atoms with van der Waals surface area (Å²) in [5, 5.41) is 9.47. The van der Waals surface area contributed by atoms with Crippen LogP contribution in [0.1, 0.15) is 31.9 Å². The van der Waals surface area contributed by atoms with E-state index in [1.807, 2.05) is 6.07 Å². The Morgan fingerprint density at radius 2 is 1.89 bits per heavy atom. The highest BCUT2D eigenvalue weighted by Gasteiger charge is 2.36. The van der Waals surface area contributed by atoms with Crippen molar-refractivity contribution in [1.82, 2.24) is 4.31 Å². The first-order valence-corrected chi connectivity index (χ1v) is 7.46. The lowest BCUT2D eigenvalue weighted by molar-refractivity contribution is 0.374. The quantitative estimate of drug-likeness (QED) is 0.847. The fraction of sp³-hybridized carbons (Fsp3) is 0.538. The van der Waals surface area contributed by atoms with Gasteiger partial charge in [-0.3, -0.25) is 0 Å². The first kappa shape index (κ1) is 13.4. The molecule has 0 fully saturated rings. The zero-order chi connectivity index (χ0) is 13.6. The predicted molar refractivity (Wildman–Crippen MR) is 70.9 cm³/mol. The number of benzene rings is 1. The zero-order valence-electron chi connectivity index (χ0n) is 11.0. The van der Waals surface area contributed by atoms with E-state index in [9.17, 15) is 13.5 Å². The summed E-state index contributed by atoms with van der Waals surface area (Å²) >= 11 is 0. The maximum absolute atomic E-state index is 12.4. The molecular formula is C13H19NO3S. The lowest BCUT2D eigenvalue weighted by Crippen LogP contribution is -2.45. The lowest BCUT2D eigenvalue weighted by Gasteiger charge is -2.33. The SMILES string of the molecule is CC(C)(C)S(=O)(=O)N1CCc2ccc(O)cc2C1. The zero-order valence-corrected chi connectivity index (χ0v) is 11.8. The topological polar surface area (TPSA) is 57.6 Å². The molecule has 0 atom stereocenters. The molecule has 1 N–H and O–H groups in total. The Hall–Kier alpha value is -1.07. The molecule has 0 aromatic heterocycles. The molecule has 0 aliphatic carbocycles. The number of aromatic hydroxyl groups is 1. The van der Waals surface area contributed by atoms with E-state index in [0.29, 0.717) is 19.5 Å². The van der Waals surface area contributed by atoms with E-state index in [2.05, 4.69) is 0 Å². The molecule has 0 radical (unpaired) electrons. The second-order valence-electron chi connectivity index (χ2n) is 5.65. The maximum atomic E-state index is 12.4. The Balaban J connectivity index is 2.33. The van der Waals surface area contributed by atoms with Gasteiger partial charge in [0, 0.05) is 13.1 Å². The Bertz CT molecular complexity index is 558. The van der Waals surface area contributed by atoms with Crippen LogP contribution in [-0.4, -0.2) is 29.1 Å². The summed E-state index contributed by atoms with van der Waals surface area (Å²) < 4.78 is 25.4. The van der Waals surface area contributed by atoms with Crippen molar-refractivity contribution in [2.75, 3.05) is 6.54 Å². The van der Waals surface area contributed by atoms with E-state index in [1.54, 1.807) is 32.9 Å². The van der Waals surface area contributed by atoms with Gasteiger partial charge in [0.1, 0.15) is 5.75 Å². The minimum atomic E-state index is -3.30. The summed E-state index contributed by atoms with van der Waals surface area (Å²) in [7, 11) is -3.30. The third-order valence-corrected chi connectivity index (χ3v) is 5.82. The van der Waals surface area contributed by atoms with Gasteiger partial charge in [0.15, 0.2) is 0 Å². The fourth-order valence-electron chi connectivity index (χ4n) is 2.11. The minimum Gasteiger partial charge on any atom is -0.508 e. The summed E-state index contributed by atoms with van der Waals surface area (Å²) in [6.07, 6.45) is 0.699. The van der Waals surface area contributed by atoms with Gasteiger partial charge < -0.3 is 5.11 Å². The van der Waals surface area contributed by atoms with Gasteiger partial charge in [-0.1, -0.05) is 6.07 Å². The number of sulfonamides is 1. The molecule has 1 aliphatic heterocycles. The van der Waals surface area contributed by atoms with E-state index in [0.717, 1.165) is 11.1 Å². The van der Waals surface area contributed by atoms with Crippen LogP contribution in [0.5, 0.6) is 5.75 Å². The predicted octanol–water partition coefficient (Wildman–Crippen LogP) is 1.88.